The van der Waals surface area contributed by atoms with Gasteiger partial charge in [0, 0.05) is 11.5 Å². The first-order chi connectivity index (χ1) is 23.3. The van der Waals surface area contributed by atoms with Gasteiger partial charge in [0.25, 0.3) is 0 Å². The molecule has 14 heteroatoms. The van der Waals surface area contributed by atoms with Crippen molar-refractivity contribution in [2.45, 2.75) is 145 Å². The maximum Gasteiger partial charge on any atom is 0.331 e. The minimum atomic E-state index is -1.74. The van der Waals surface area contributed by atoms with E-state index in [9.17, 15) is 45.6 Å². The summed E-state index contributed by atoms with van der Waals surface area (Å²) in [4.78, 5) is 11.9. The van der Waals surface area contributed by atoms with Crippen LogP contribution >= 0.6 is 0 Å². The normalized spacial score (nSPS) is 54.4. The molecule has 0 unspecified atom stereocenters. The molecule has 7 rings (SSSR count). The molecule has 8 N–H and O–H groups in total. The number of cyclic esters (lactones) is 1. The average Bonchev–Trinajstić information content (AvgIpc) is 3.63. The zero-order chi connectivity index (χ0) is 35.0. The van der Waals surface area contributed by atoms with Crippen LogP contribution in [-0.4, -0.2) is 140 Å². The summed E-state index contributed by atoms with van der Waals surface area (Å²) in [5, 5.41) is 84.8. The SMILES string of the molecule is C[C@]12CC[C@H](O[C@@H]3O[C@H](CO)[C@@H](O)[C@H](O)[C@H]3O[C@@H]3O[C@H](CO)[C@@H](O)[C@H](O)[C@H]3O)C[C@@H]1CC[C@@H]1[C@@H]2CC[C@]2(C)[C@@H](C3=CC(=O)OC3)CC[C@]12O. The van der Waals surface area contributed by atoms with Gasteiger partial charge < -0.3 is 64.5 Å². The smallest absolute Gasteiger partial charge is 0.331 e. The lowest BCUT2D eigenvalue weighted by Gasteiger charge is -2.64. The number of aliphatic hydroxyl groups is 8. The summed E-state index contributed by atoms with van der Waals surface area (Å²) in [6.45, 7) is 3.61. The van der Waals surface area contributed by atoms with Crippen molar-refractivity contribution >= 4 is 5.97 Å². The van der Waals surface area contributed by atoms with Crippen molar-refractivity contribution in [1.82, 2.24) is 0 Å². The van der Waals surface area contributed by atoms with Gasteiger partial charge in [-0.2, -0.15) is 0 Å². The van der Waals surface area contributed by atoms with Crippen LogP contribution in [0.15, 0.2) is 11.6 Å². The lowest BCUT2D eigenvalue weighted by Crippen LogP contribution is -2.65. The second-order valence-electron chi connectivity index (χ2n) is 16.3. The van der Waals surface area contributed by atoms with E-state index in [2.05, 4.69) is 13.8 Å². The minimum absolute atomic E-state index is 0.0351. The van der Waals surface area contributed by atoms with Gasteiger partial charge in [0.15, 0.2) is 12.6 Å². The van der Waals surface area contributed by atoms with Crippen LogP contribution in [0.3, 0.4) is 0 Å². The molecule has 49 heavy (non-hydrogen) atoms. The third kappa shape index (κ3) is 5.73. The van der Waals surface area contributed by atoms with Crippen LogP contribution in [0.4, 0.5) is 0 Å². The predicted molar refractivity (Wildman–Crippen MR) is 167 cm³/mol. The molecule has 0 aromatic carbocycles. The maximum atomic E-state index is 12.5. The third-order valence-electron chi connectivity index (χ3n) is 14.2. The number of carbonyl (C=O) groups is 1. The molecule has 6 fully saturated rings. The van der Waals surface area contributed by atoms with Gasteiger partial charge in [-0.05, 0) is 92.4 Å². The van der Waals surface area contributed by atoms with Gasteiger partial charge in [-0.3, -0.25) is 0 Å². The quantitative estimate of drug-likeness (QED) is 0.121. The van der Waals surface area contributed by atoms with Gasteiger partial charge in [-0.15, -0.1) is 0 Å². The van der Waals surface area contributed by atoms with Crippen molar-refractivity contribution in [3.63, 3.8) is 0 Å². The van der Waals surface area contributed by atoms with Crippen molar-refractivity contribution in [3.8, 4) is 0 Å². The fourth-order valence-electron chi connectivity index (χ4n) is 11.3. The van der Waals surface area contributed by atoms with E-state index in [1.54, 1.807) is 6.08 Å². The number of rotatable bonds is 7. The zero-order valence-corrected chi connectivity index (χ0v) is 28.3. The standard InChI is InChI=1S/C35H54O14/c1-33-8-5-18(46-32-30(28(42)26(40)23(14-37)48-32)49-31-29(43)27(41)25(39)22(13-36)47-31)12-17(33)3-4-21-20(33)6-9-34(2)19(7-10-35(21,34)44)16-11-24(38)45-15-16/h11,17-23,25-32,36-37,39-44H,3-10,12-15H2,1-2H3/t17-,18-,19+,20-,21+,22+,23+,25+,26+,27-,28-,29+,30+,31-,32+,33-,34+,35-/m0/s1. The molecular formula is C35H54O14. The zero-order valence-electron chi connectivity index (χ0n) is 28.3. The minimum Gasteiger partial charge on any atom is -0.458 e. The molecule has 2 saturated heterocycles. The van der Waals surface area contributed by atoms with E-state index in [4.69, 9.17) is 23.7 Å². The fraction of sp³-hybridized carbons (Fsp3) is 0.914. The summed E-state index contributed by atoms with van der Waals surface area (Å²) in [7, 11) is 0. The first kappa shape index (κ1) is 36.1. The molecule has 0 radical (unpaired) electrons. The molecule has 18 atom stereocenters. The Morgan fingerprint density at radius 3 is 2.14 bits per heavy atom. The van der Waals surface area contributed by atoms with Crippen molar-refractivity contribution in [3.05, 3.63) is 11.6 Å². The molecule has 14 nitrogen and oxygen atoms in total. The van der Waals surface area contributed by atoms with Crippen LogP contribution < -0.4 is 0 Å². The first-order valence-corrected chi connectivity index (χ1v) is 18.1. The molecule has 0 aromatic heterocycles. The number of hydrogen-bond acceptors (Lipinski definition) is 14. The van der Waals surface area contributed by atoms with Crippen molar-refractivity contribution in [1.29, 1.82) is 0 Å². The summed E-state index contributed by atoms with van der Waals surface area (Å²) >= 11 is 0. The molecule has 4 aliphatic carbocycles. The van der Waals surface area contributed by atoms with Crippen LogP contribution in [0.1, 0.15) is 71.6 Å². The number of fused-ring (bicyclic) bond motifs is 5. The highest BCUT2D eigenvalue weighted by atomic mass is 16.8. The highest BCUT2D eigenvalue weighted by molar-refractivity contribution is 5.85. The molecule has 7 aliphatic rings. The first-order valence-electron chi connectivity index (χ1n) is 18.1. The Labute approximate surface area is 285 Å². The average molecular weight is 699 g/mol. The topological polar surface area (TPSA) is 225 Å². The van der Waals surface area contributed by atoms with Crippen LogP contribution in [0.2, 0.25) is 0 Å². The van der Waals surface area contributed by atoms with Crippen LogP contribution in [0.25, 0.3) is 0 Å². The van der Waals surface area contributed by atoms with Crippen LogP contribution in [-0.2, 0) is 28.5 Å². The van der Waals surface area contributed by atoms with Crippen molar-refractivity contribution in [2.24, 2.45) is 34.5 Å². The Hall–Kier alpha value is -1.27. The fourth-order valence-corrected chi connectivity index (χ4v) is 11.3. The van der Waals surface area contributed by atoms with E-state index >= 15 is 0 Å². The van der Waals surface area contributed by atoms with Crippen molar-refractivity contribution < 1.29 is 69.3 Å². The van der Waals surface area contributed by atoms with E-state index in [0.29, 0.717) is 37.7 Å². The predicted octanol–water partition coefficient (Wildman–Crippen LogP) is -0.747. The largest absolute Gasteiger partial charge is 0.458 e. The Bertz CT molecular complexity index is 1260. The maximum absolute atomic E-state index is 12.5. The summed E-state index contributed by atoms with van der Waals surface area (Å²) in [6, 6.07) is 0. The van der Waals surface area contributed by atoms with E-state index in [-0.39, 0.29) is 34.7 Å². The highest BCUT2D eigenvalue weighted by Crippen LogP contribution is 2.70. The van der Waals surface area contributed by atoms with Crippen LogP contribution in [0.5, 0.6) is 0 Å². The lowest BCUT2D eigenvalue weighted by molar-refractivity contribution is -0.373. The molecule has 0 aromatic rings. The summed E-state index contributed by atoms with van der Waals surface area (Å²) < 4.78 is 29.0. The molecule has 0 bridgehead atoms. The van der Waals surface area contributed by atoms with E-state index in [0.717, 1.165) is 44.1 Å². The Balaban J connectivity index is 1.05. The number of ether oxygens (including phenoxy) is 5. The van der Waals surface area contributed by atoms with Gasteiger partial charge in [-0.25, -0.2) is 4.79 Å². The summed E-state index contributed by atoms with van der Waals surface area (Å²) in [6.07, 6.45) is -6.20. The van der Waals surface area contributed by atoms with Gasteiger partial charge in [-0.1, -0.05) is 13.8 Å². The van der Waals surface area contributed by atoms with Gasteiger partial charge in [0.1, 0.15) is 55.4 Å². The third-order valence-corrected chi connectivity index (χ3v) is 14.2. The number of hydrogen-bond donors (Lipinski definition) is 8. The van der Waals surface area contributed by atoms with Crippen molar-refractivity contribution in [2.75, 3.05) is 19.8 Å². The van der Waals surface area contributed by atoms with Gasteiger partial charge in [0.05, 0.1) is 24.9 Å². The van der Waals surface area contributed by atoms with Gasteiger partial charge in [0.2, 0.25) is 0 Å². The number of carbonyl (C=O) groups excluding carboxylic acids is 1. The molecule has 0 spiro atoms. The van der Waals surface area contributed by atoms with E-state index in [1.807, 2.05) is 0 Å². The monoisotopic (exact) mass is 698 g/mol. The molecule has 278 valence electrons. The lowest BCUT2D eigenvalue weighted by atomic mass is 9.43. The Morgan fingerprint density at radius 2 is 1.47 bits per heavy atom. The van der Waals surface area contributed by atoms with Gasteiger partial charge >= 0.3 is 5.97 Å². The van der Waals surface area contributed by atoms with Crippen LogP contribution in [0, 0.1) is 34.5 Å². The number of esters is 1. The van der Waals surface area contributed by atoms with E-state index < -0.39 is 80.2 Å². The second kappa shape index (κ2) is 13.3. The molecular weight excluding hydrogens is 644 g/mol. The molecule has 3 heterocycles. The Morgan fingerprint density at radius 1 is 0.776 bits per heavy atom. The summed E-state index contributed by atoms with van der Waals surface area (Å²) in [5.41, 5.74) is -0.165. The molecule has 0 amide bonds. The number of aliphatic hydroxyl groups excluding tert-OH is 7. The summed E-state index contributed by atoms with van der Waals surface area (Å²) in [5.74, 6) is 0.596. The second-order valence-corrected chi connectivity index (χ2v) is 16.3. The Kier molecular flexibility index (Phi) is 9.80. The molecule has 4 saturated carbocycles. The highest BCUT2D eigenvalue weighted by Gasteiger charge is 2.68. The van der Waals surface area contributed by atoms with E-state index in [1.165, 1.54) is 0 Å². The molecule has 3 aliphatic heterocycles.